The van der Waals surface area contributed by atoms with Gasteiger partial charge in [0.25, 0.3) is 5.91 Å². The Hall–Kier alpha value is -3.10. The molecule has 2 amide bonds. The lowest BCUT2D eigenvalue weighted by Gasteiger charge is -2.51. The van der Waals surface area contributed by atoms with Gasteiger partial charge in [0.2, 0.25) is 5.91 Å². The summed E-state index contributed by atoms with van der Waals surface area (Å²) in [5.74, 6) is 0.0989. The first-order chi connectivity index (χ1) is 15.9. The van der Waals surface area contributed by atoms with E-state index >= 15 is 0 Å². The fraction of sp³-hybridized carbons (Fsp3) is 0.462. The summed E-state index contributed by atoms with van der Waals surface area (Å²) in [7, 11) is 0. The van der Waals surface area contributed by atoms with Gasteiger partial charge >= 0.3 is 0 Å². The van der Waals surface area contributed by atoms with Crippen LogP contribution in [-0.2, 0) is 15.2 Å². The van der Waals surface area contributed by atoms with Crippen LogP contribution in [-0.4, -0.2) is 51.0 Å². The number of amides is 2. The summed E-state index contributed by atoms with van der Waals surface area (Å²) < 4.78 is 6.08. The molecule has 34 heavy (non-hydrogen) atoms. The number of piperazine rings is 1. The number of carbonyl (C=O) groups excluding carboxylic acids is 2. The van der Waals surface area contributed by atoms with Gasteiger partial charge in [0.15, 0.2) is 0 Å². The van der Waals surface area contributed by atoms with Crippen LogP contribution in [0.25, 0.3) is 6.08 Å². The zero-order valence-electron chi connectivity index (χ0n) is 19.7. The second-order valence-corrected chi connectivity index (χ2v) is 11.0. The summed E-state index contributed by atoms with van der Waals surface area (Å²) in [6.07, 6.45) is 9.50. The van der Waals surface area contributed by atoms with E-state index in [2.05, 4.69) is 0 Å². The Morgan fingerprint density at radius 3 is 2.68 bits per heavy atom. The van der Waals surface area contributed by atoms with Crippen LogP contribution in [0.2, 0.25) is 0 Å². The molecule has 3 unspecified atom stereocenters. The molecule has 0 bridgehead atoms. The van der Waals surface area contributed by atoms with Gasteiger partial charge in [0.1, 0.15) is 28.7 Å². The van der Waals surface area contributed by atoms with Crippen molar-refractivity contribution >= 4 is 23.6 Å². The number of hydrogen-bond donors (Lipinski definition) is 1. The lowest BCUT2D eigenvalue weighted by atomic mass is 9.70. The van der Waals surface area contributed by atoms with Crippen LogP contribution >= 0.6 is 0 Å². The molecule has 8 nitrogen and oxygen atoms in total. The van der Waals surface area contributed by atoms with E-state index in [0.717, 1.165) is 5.06 Å². The van der Waals surface area contributed by atoms with E-state index in [1.165, 1.54) is 9.80 Å². The van der Waals surface area contributed by atoms with Crippen molar-refractivity contribution in [2.75, 3.05) is 11.6 Å². The number of nitrogens with zero attached hydrogens (tertiary/aromatic N) is 3. The second-order valence-electron chi connectivity index (χ2n) is 11.0. The van der Waals surface area contributed by atoms with E-state index in [1.54, 1.807) is 30.5 Å². The maximum atomic E-state index is 13.9. The van der Waals surface area contributed by atoms with Gasteiger partial charge in [-0.2, -0.15) is 0 Å². The van der Waals surface area contributed by atoms with E-state index < -0.39 is 28.7 Å². The van der Waals surface area contributed by atoms with Crippen molar-refractivity contribution in [2.45, 2.75) is 63.8 Å². The highest BCUT2D eigenvalue weighted by Gasteiger charge is 2.58. The quantitative estimate of drug-likeness (QED) is 0.637. The Morgan fingerprint density at radius 1 is 1.15 bits per heavy atom. The molecule has 1 N–H and O–H groups in total. The van der Waals surface area contributed by atoms with E-state index in [1.807, 2.05) is 39.8 Å². The number of anilines is 1. The largest absolute Gasteiger partial charge is 0.758 e. The van der Waals surface area contributed by atoms with Crippen molar-refractivity contribution in [1.82, 2.24) is 9.80 Å². The van der Waals surface area contributed by atoms with Crippen LogP contribution in [0.15, 0.2) is 42.3 Å². The molecule has 5 aliphatic rings. The van der Waals surface area contributed by atoms with Gasteiger partial charge in [-0.05, 0) is 38.5 Å². The maximum Gasteiger partial charge on any atom is 0.274 e. The number of ether oxygens (including phenoxy) is 1. The third-order valence-electron chi connectivity index (χ3n) is 7.77. The summed E-state index contributed by atoms with van der Waals surface area (Å²) >= 11 is 0. The Balaban J connectivity index is 1.53. The molecule has 3 atom stereocenters. The molecule has 5 heterocycles. The molecule has 8 heteroatoms. The molecule has 0 radical (unpaired) electrons. The first-order valence-corrected chi connectivity index (χ1v) is 11.7. The Morgan fingerprint density at radius 2 is 1.91 bits per heavy atom. The number of benzene rings is 1. The second kappa shape index (κ2) is 6.52. The van der Waals surface area contributed by atoms with Crippen LogP contribution in [0, 0.1) is 10.6 Å². The Labute approximate surface area is 198 Å². The highest BCUT2D eigenvalue weighted by atomic mass is 16.5. The third kappa shape index (κ3) is 2.66. The van der Waals surface area contributed by atoms with Gasteiger partial charge in [-0.25, -0.2) is 0 Å². The van der Waals surface area contributed by atoms with E-state index in [0.29, 0.717) is 41.2 Å². The average Bonchev–Trinajstić information content (AvgIpc) is 3.32. The standard InChI is InChI=1S/C26H28N3O5/c1-24(2)11-13-28-18(22(31)27-12-5-6-17(27)21(28)30)14-26(32)16-7-8-19-15(9-10-25(3,4)34-19)20(16)29(33)23(24)26/h6-11,13,18,23,32H,5,12,14H2,1-4H3/q-1. The van der Waals surface area contributed by atoms with Crippen molar-refractivity contribution < 1.29 is 19.4 Å². The maximum absolute atomic E-state index is 13.9. The summed E-state index contributed by atoms with van der Waals surface area (Å²) in [5, 5.41) is 27.1. The minimum Gasteiger partial charge on any atom is -0.758 e. The molecule has 0 aromatic heterocycles. The van der Waals surface area contributed by atoms with Crippen LogP contribution < -0.4 is 9.80 Å². The Bertz CT molecular complexity index is 1230. The molecule has 5 aliphatic heterocycles. The minimum atomic E-state index is -1.65. The molecule has 1 aromatic rings. The highest BCUT2D eigenvalue weighted by molar-refractivity contribution is 6.05. The van der Waals surface area contributed by atoms with Gasteiger partial charge < -0.3 is 29.9 Å². The lowest BCUT2D eigenvalue weighted by molar-refractivity contribution is -0.151. The normalized spacial score (nSPS) is 32.2. The average molecular weight is 463 g/mol. The lowest BCUT2D eigenvalue weighted by Crippen LogP contribution is -2.61. The van der Waals surface area contributed by atoms with Crippen LogP contribution in [0.4, 0.5) is 5.69 Å². The van der Waals surface area contributed by atoms with Crippen LogP contribution in [0.5, 0.6) is 5.75 Å². The van der Waals surface area contributed by atoms with Crippen molar-refractivity contribution in [3.8, 4) is 5.75 Å². The van der Waals surface area contributed by atoms with Gasteiger partial charge in [0, 0.05) is 41.4 Å². The van der Waals surface area contributed by atoms with E-state index in [4.69, 9.17) is 4.74 Å². The first-order valence-electron chi connectivity index (χ1n) is 11.7. The summed E-state index contributed by atoms with van der Waals surface area (Å²) in [4.78, 5) is 29.7. The summed E-state index contributed by atoms with van der Waals surface area (Å²) in [6, 6.07) is 1.73. The number of hydroxylamine groups is 1. The van der Waals surface area contributed by atoms with Gasteiger partial charge in [-0.1, -0.05) is 32.1 Å². The van der Waals surface area contributed by atoms with Gasteiger partial charge in [-0.15, -0.1) is 0 Å². The highest BCUT2D eigenvalue weighted by Crippen LogP contribution is 2.57. The van der Waals surface area contributed by atoms with Crippen LogP contribution in [0.3, 0.4) is 0 Å². The van der Waals surface area contributed by atoms with Gasteiger partial charge in [0.05, 0.1) is 6.04 Å². The third-order valence-corrected chi connectivity index (χ3v) is 7.77. The molecular weight excluding hydrogens is 434 g/mol. The molecule has 178 valence electrons. The van der Waals surface area contributed by atoms with Crippen molar-refractivity contribution in [3.63, 3.8) is 0 Å². The number of carbonyl (C=O) groups is 2. The van der Waals surface area contributed by atoms with Crippen molar-refractivity contribution in [2.24, 2.45) is 5.41 Å². The zero-order chi connectivity index (χ0) is 24.2. The van der Waals surface area contributed by atoms with Crippen LogP contribution in [0.1, 0.15) is 51.7 Å². The fourth-order valence-electron chi connectivity index (χ4n) is 6.22. The molecule has 1 aromatic carbocycles. The van der Waals surface area contributed by atoms with Crippen molar-refractivity contribution in [3.05, 3.63) is 58.6 Å². The SMILES string of the molecule is CC1(C)C=Cc2c(ccc3c2N([O-])C2C(C)(C)C=CN4C(=O)C5=CCCN5C(=O)C4CC32O)O1. The number of rotatable bonds is 0. The zero-order valence-corrected chi connectivity index (χ0v) is 19.7. The first kappa shape index (κ1) is 21.4. The van der Waals surface area contributed by atoms with E-state index in [-0.39, 0.29) is 18.2 Å². The molecule has 0 spiro atoms. The summed E-state index contributed by atoms with van der Waals surface area (Å²) in [6.45, 7) is 8.07. The topological polar surface area (TPSA) is 96.4 Å². The molecule has 6 rings (SSSR count). The summed E-state index contributed by atoms with van der Waals surface area (Å²) in [5.41, 5.74) is -1.13. The Kier molecular flexibility index (Phi) is 4.11. The molecular formula is C26H28N3O5-. The predicted molar refractivity (Wildman–Crippen MR) is 126 cm³/mol. The van der Waals surface area contributed by atoms with E-state index in [9.17, 15) is 19.9 Å². The fourth-order valence-corrected chi connectivity index (χ4v) is 6.22. The predicted octanol–water partition coefficient (Wildman–Crippen LogP) is 3.02. The number of hydrogen-bond acceptors (Lipinski definition) is 6. The molecule has 0 aliphatic carbocycles. The molecule has 1 fully saturated rings. The smallest absolute Gasteiger partial charge is 0.274 e. The number of aliphatic hydroxyl groups is 1. The monoisotopic (exact) mass is 462 g/mol. The minimum absolute atomic E-state index is 0.0691. The number of fused-ring (bicyclic) bond motifs is 7. The van der Waals surface area contributed by atoms with Gasteiger partial charge in [-0.3, -0.25) is 9.59 Å². The van der Waals surface area contributed by atoms with Crippen molar-refractivity contribution in [1.29, 1.82) is 0 Å². The molecule has 1 saturated heterocycles. The molecule has 0 saturated carbocycles.